The van der Waals surface area contributed by atoms with Gasteiger partial charge in [0.15, 0.2) is 11.5 Å². The van der Waals surface area contributed by atoms with Crippen LogP contribution in [-0.4, -0.2) is 26.4 Å². The van der Waals surface area contributed by atoms with E-state index in [0.29, 0.717) is 11.5 Å². The molecule has 0 saturated carbocycles. The fourth-order valence-electron chi connectivity index (χ4n) is 2.07. The van der Waals surface area contributed by atoms with Crippen LogP contribution in [0.3, 0.4) is 0 Å². The quantitative estimate of drug-likeness (QED) is 0.893. The Kier molecular flexibility index (Phi) is 5.09. The molecule has 4 nitrogen and oxygen atoms in total. The monoisotopic (exact) mass is 352 g/mol. The van der Waals surface area contributed by atoms with E-state index in [1.54, 1.807) is 33.5 Å². The molecule has 0 aliphatic heterocycles. The Morgan fingerprint density at radius 3 is 1.86 bits per heavy atom. The largest absolute Gasteiger partial charge is 0.496 e. The van der Waals surface area contributed by atoms with E-state index in [1.807, 2.05) is 24.3 Å². The molecule has 5 heteroatoms. The van der Waals surface area contributed by atoms with Crippen molar-refractivity contribution in [3.63, 3.8) is 0 Å². The van der Waals surface area contributed by atoms with E-state index >= 15 is 0 Å². The predicted molar refractivity (Wildman–Crippen MR) is 84.3 cm³/mol. The number of hydrogen-bond acceptors (Lipinski definition) is 4. The van der Waals surface area contributed by atoms with Crippen molar-refractivity contribution in [2.24, 2.45) is 0 Å². The highest BCUT2D eigenvalue weighted by Crippen LogP contribution is 2.34. The lowest BCUT2D eigenvalue weighted by molar-refractivity contribution is 0.219. The first-order valence-corrected chi connectivity index (χ1v) is 7.13. The Bertz CT molecular complexity index is 628. The molecular formula is C16H17BrO4. The molecule has 1 atom stereocenters. The summed E-state index contributed by atoms with van der Waals surface area (Å²) in [5.74, 6) is 1.93. The summed E-state index contributed by atoms with van der Waals surface area (Å²) in [6.45, 7) is 0. The zero-order chi connectivity index (χ0) is 15.4. The fourth-order valence-corrected chi connectivity index (χ4v) is 2.63. The van der Waals surface area contributed by atoms with Crippen molar-refractivity contribution in [1.82, 2.24) is 0 Å². The first kappa shape index (κ1) is 15.7. The highest BCUT2D eigenvalue weighted by Gasteiger charge is 2.15. The molecule has 0 bridgehead atoms. The average Bonchev–Trinajstić information content (AvgIpc) is 2.53. The third-order valence-electron chi connectivity index (χ3n) is 3.21. The molecule has 21 heavy (non-hydrogen) atoms. The zero-order valence-electron chi connectivity index (χ0n) is 12.1. The van der Waals surface area contributed by atoms with Gasteiger partial charge in [-0.1, -0.05) is 12.1 Å². The molecule has 0 aliphatic carbocycles. The fraction of sp³-hybridized carbons (Fsp3) is 0.250. The molecule has 0 fully saturated rings. The topological polar surface area (TPSA) is 47.9 Å². The van der Waals surface area contributed by atoms with E-state index < -0.39 is 6.10 Å². The Morgan fingerprint density at radius 2 is 1.33 bits per heavy atom. The Morgan fingerprint density at radius 1 is 0.810 bits per heavy atom. The molecule has 2 aromatic rings. The summed E-state index contributed by atoms with van der Waals surface area (Å²) in [4.78, 5) is 0. The summed E-state index contributed by atoms with van der Waals surface area (Å²) < 4.78 is 16.4. The number of benzene rings is 2. The molecule has 1 unspecified atom stereocenters. The lowest BCUT2D eigenvalue weighted by Crippen LogP contribution is -2.01. The summed E-state index contributed by atoms with van der Waals surface area (Å²) in [6.07, 6.45) is -0.757. The van der Waals surface area contributed by atoms with Gasteiger partial charge < -0.3 is 19.3 Å². The zero-order valence-corrected chi connectivity index (χ0v) is 13.7. The summed E-state index contributed by atoms with van der Waals surface area (Å²) in [5, 5.41) is 10.5. The van der Waals surface area contributed by atoms with Crippen molar-refractivity contribution in [3.8, 4) is 17.2 Å². The molecule has 1 N–H and O–H groups in total. The van der Waals surface area contributed by atoms with Crippen LogP contribution < -0.4 is 14.2 Å². The molecule has 0 aromatic heterocycles. The molecule has 0 heterocycles. The maximum atomic E-state index is 10.5. The van der Waals surface area contributed by atoms with Crippen molar-refractivity contribution in [2.45, 2.75) is 6.10 Å². The molecule has 0 amide bonds. The summed E-state index contributed by atoms with van der Waals surface area (Å²) in [5.41, 5.74) is 1.49. The van der Waals surface area contributed by atoms with Gasteiger partial charge in [-0.05, 0) is 51.3 Å². The smallest absolute Gasteiger partial charge is 0.161 e. The number of aliphatic hydroxyl groups excluding tert-OH is 1. The number of methoxy groups -OCH3 is 3. The van der Waals surface area contributed by atoms with Gasteiger partial charge >= 0.3 is 0 Å². The number of hydrogen-bond donors (Lipinski definition) is 1. The Hall–Kier alpha value is -1.72. The second kappa shape index (κ2) is 6.83. The second-order valence-corrected chi connectivity index (χ2v) is 5.27. The minimum Gasteiger partial charge on any atom is -0.496 e. The number of halogens is 1. The van der Waals surface area contributed by atoms with Crippen LogP contribution in [-0.2, 0) is 0 Å². The molecule has 0 radical (unpaired) electrons. The minimum absolute atomic E-state index is 0.585. The SMILES string of the molecule is COc1ccc(C(O)c2ccc(OC)c(OC)c2)cc1Br. The molecule has 2 aromatic carbocycles. The van der Waals surface area contributed by atoms with E-state index in [4.69, 9.17) is 14.2 Å². The summed E-state index contributed by atoms with van der Waals surface area (Å²) in [7, 11) is 4.75. The normalized spacial score (nSPS) is 11.9. The van der Waals surface area contributed by atoms with Crippen molar-refractivity contribution >= 4 is 15.9 Å². The predicted octanol–water partition coefficient (Wildman–Crippen LogP) is 3.56. The van der Waals surface area contributed by atoms with Crippen LogP contribution in [0, 0.1) is 0 Å². The molecule has 0 aliphatic rings. The van der Waals surface area contributed by atoms with E-state index in [2.05, 4.69) is 15.9 Å². The van der Waals surface area contributed by atoms with E-state index in [-0.39, 0.29) is 0 Å². The van der Waals surface area contributed by atoms with E-state index in [1.165, 1.54) is 0 Å². The van der Waals surface area contributed by atoms with Crippen LogP contribution in [0.25, 0.3) is 0 Å². The van der Waals surface area contributed by atoms with E-state index in [0.717, 1.165) is 21.3 Å². The highest BCUT2D eigenvalue weighted by atomic mass is 79.9. The second-order valence-electron chi connectivity index (χ2n) is 4.41. The number of rotatable bonds is 5. The molecular weight excluding hydrogens is 336 g/mol. The van der Waals surface area contributed by atoms with E-state index in [9.17, 15) is 5.11 Å². The molecule has 0 spiro atoms. The van der Waals surface area contributed by atoms with Crippen molar-refractivity contribution in [3.05, 3.63) is 52.0 Å². The molecule has 2 rings (SSSR count). The molecule has 0 saturated heterocycles. The van der Waals surface area contributed by atoms with Gasteiger partial charge in [-0.2, -0.15) is 0 Å². The van der Waals surface area contributed by atoms with Gasteiger partial charge in [0.05, 0.1) is 25.8 Å². The van der Waals surface area contributed by atoms with Crippen LogP contribution >= 0.6 is 15.9 Å². The summed E-state index contributed by atoms with van der Waals surface area (Å²) in [6, 6.07) is 10.8. The van der Waals surface area contributed by atoms with Crippen LogP contribution in [0.4, 0.5) is 0 Å². The minimum atomic E-state index is -0.757. The maximum absolute atomic E-state index is 10.5. The van der Waals surface area contributed by atoms with Crippen LogP contribution in [0.5, 0.6) is 17.2 Å². The van der Waals surface area contributed by atoms with Crippen molar-refractivity contribution in [1.29, 1.82) is 0 Å². The van der Waals surface area contributed by atoms with Gasteiger partial charge in [0.1, 0.15) is 11.9 Å². The average molecular weight is 353 g/mol. The van der Waals surface area contributed by atoms with Gasteiger partial charge in [0.25, 0.3) is 0 Å². The highest BCUT2D eigenvalue weighted by molar-refractivity contribution is 9.10. The van der Waals surface area contributed by atoms with Gasteiger partial charge in [-0.15, -0.1) is 0 Å². The van der Waals surface area contributed by atoms with Crippen LogP contribution in [0.1, 0.15) is 17.2 Å². The number of aliphatic hydroxyl groups is 1. The maximum Gasteiger partial charge on any atom is 0.161 e. The van der Waals surface area contributed by atoms with Crippen molar-refractivity contribution in [2.75, 3.05) is 21.3 Å². The number of ether oxygens (including phenoxy) is 3. The molecule has 112 valence electrons. The standard InChI is InChI=1S/C16H17BrO4/c1-19-13-6-4-10(8-12(13)17)16(18)11-5-7-14(20-2)15(9-11)21-3/h4-9,16,18H,1-3H3. The van der Waals surface area contributed by atoms with Gasteiger partial charge in [0.2, 0.25) is 0 Å². The third kappa shape index (κ3) is 3.31. The van der Waals surface area contributed by atoms with Gasteiger partial charge in [0, 0.05) is 0 Å². The summed E-state index contributed by atoms with van der Waals surface area (Å²) >= 11 is 3.42. The lowest BCUT2D eigenvalue weighted by atomic mass is 10.0. The Labute approximate surface area is 132 Å². The van der Waals surface area contributed by atoms with Crippen molar-refractivity contribution < 1.29 is 19.3 Å². The first-order valence-electron chi connectivity index (χ1n) is 6.34. The lowest BCUT2D eigenvalue weighted by Gasteiger charge is -2.15. The van der Waals surface area contributed by atoms with Gasteiger partial charge in [-0.3, -0.25) is 0 Å². The van der Waals surface area contributed by atoms with Crippen LogP contribution in [0.2, 0.25) is 0 Å². The Balaban J connectivity index is 2.35. The third-order valence-corrected chi connectivity index (χ3v) is 3.83. The van der Waals surface area contributed by atoms with Gasteiger partial charge in [-0.25, -0.2) is 0 Å². The van der Waals surface area contributed by atoms with Crippen LogP contribution in [0.15, 0.2) is 40.9 Å². The first-order chi connectivity index (χ1) is 10.1.